The standard InChI is InChI=1S/C27H23F4N3O2S/c1-13(2)20-22-24(21(33-26(34-22)27(3,30)31)14-10-15(28)12-16(29)11-14)37-23(20)25(35)32-18-8-9-36-19-7-5-4-6-17(18)19/h4-7,10-13,18H,8-9H2,1-3H3,(H,32,35)/t18-/m0/s1. The number of aromatic nitrogens is 2. The predicted octanol–water partition coefficient (Wildman–Crippen LogP) is 7.13. The topological polar surface area (TPSA) is 64.1 Å². The number of halogens is 4. The van der Waals surface area contributed by atoms with Gasteiger partial charge in [0.25, 0.3) is 5.91 Å². The van der Waals surface area contributed by atoms with Crippen molar-refractivity contribution in [1.29, 1.82) is 0 Å². The summed E-state index contributed by atoms with van der Waals surface area (Å²) in [5, 5.41) is 3.05. The van der Waals surface area contributed by atoms with Gasteiger partial charge in [-0.3, -0.25) is 4.79 Å². The van der Waals surface area contributed by atoms with E-state index in [0.717, 1.165) is 29.0 Å². The number of fused-ring (bicyclic) bond motifs is 2. The molecule has 1 aliphatic heterocycles. The second-order valence-corrected chi connectivity index (χ2v) is 10.3. The normalized spacial score (nSPS) is 15.5. The SMILES string of the molecule is CC(C)c1c(C(=O)N[C@H]2CCOc3ccccc32)sc2c(-c3cc(F)cc(F)c3)nc(C(C)(F)F)nc12. The van der Waals surface area contributed by atoms with Gasteiger partial charge in [0.15, 0.2) is 5.82 Å². The number of alkyl halides is 2. The quantitative estimate of drug-likeness (QED) is 0.280. The number of rotatable bonds is 5. The summed E-state index contributed by atoms with van der Waals surface area (Å²) in [6.45, 7) is 4.74. The molecule has 1 amide bonds. The number of carbonyl (C=O) groups excluding carboxylic acids is 1. The molecular weight excluding hydrogens is 506 g/mol. The summed E-state index contributed by atoms with van der Waals surface area (Å²) in [6.07, 6.45) is 0.560. The van der Waals surface area contributed by atoms with Gasteiger partial charge in [0, 0.05) is 36.1 Å². The van der Waals surface area contributed by atoms with Crippen LogP contribution in [0, 0.1) is 11.6 Å². The van der Waals surface area contributed by atoms with Gasteiger partial charge in [-0.1, -0.05) is 32.0 Å². The van der Waals surface area contributed by atoms with E-state index in [9.17, 15) is 22.4 Å². The molecule has 2 aromatic carbocycles. The number of hydrogen-bond acceptors (Lipinski definition) is 5. The molecule has 0 saturated carbocycles. The van der Waals surface area contributed by atoms with Crippen molar-refractivity contribution < 1.29 is 27.1 Å². The Labute approximate surface area is 214 Å². The average Bonchev–Trinajstić information content (AvgIpc) is 3.23. The van der Waals surface area contributed by atoms with Gasteiger partial charge in [-0.2, -0.15) is 8.78 Å². The molecule has 0 bridgehead atoms. The van der Waals surface area contributed by atoms with Crippen LogP contribution in [0.5, 0.6) is 5.75 Å². The molecule has 4 aromatic rings. The molecule has 5 rings (SSSR count). The van der Waals surface area contributed by atoms with Crippen LogP contribution in [0.4, 0.5) is 17.6 Å². The molecule has 0 fully saturated rings. The predicted molar refractivity (Wildman–Crippen MR) is 133 cm³/mol. The van der Waals surface area contributed by atoms with E-state index in [1.807, 2.05) is 38.1 Å². The van der Waals surface area contributed by atoms with Gasteiger partial charge in [-0.15, -0.1) is 11.3 Å². The first-order valence-corrected chi connectivity index (χ1v) is 12.6. The molecule has 1 aliphatic rings. The third-order valence-corrected chi connectivity index (χ3v) is 7.35. The van der Waals surface area contributed by atoms with Crippen molar-refractivity contribution in [2.75, 3.05) is 6.61 Å². The first-order chi connectivity index (χ1) is 17.5. The van der Waals surface area contributed by atoms with Gasteiger partial charge in [0.05, 0.1) is 33.4 Å². The lowest BCUT2D eigenvalue weighted by molar-refractivity contribution is 0.00817. The zero-order valence-electron chi connectivity index (χ0n) is 20.2. The number of amides is 1. The molecule has 10 heteroatoms. The number of thiophene rings is 1. The Morgan fingerprint density at radius 3 is 2.51 bits per heavy atom. The molecule has 3 heterocycles. The van der Waals surface area contributed by atoms with E-state index in [0.29, 0.717) is 42.0 Å². The molecular formula is C27H23F4N3O2S. The Hall–Kier alpha value is -3.53. The van der Waals surface area contributed by atoms with Crippen molar-refractivity contribution in [3.8, 4) is 17.0 Å². The van der Waals surface area contributed by atoms with Crippen LogP contribution in [0.25, 0.3) is 21.5 Å². The number of nitrogens with one attached hydrogen (secondary N) is 1. The molecule has 192 valence electrons. The summed E-state index contributed by atoms with van der Waals surface area (Å²) in [5.41, 5.74) is 1.42. The first-order valence-electron chi connectivity index (χ1n) is 11.7. The Bertz CT molecular complexity index is 1490. The summed E-state index contributed by atoms with van der Waals surface area (Å²) in [7, 11) is 0. The van der Waals surface area contributed by atoms with Crippen molar-refractivity contribution in [2.45, 2.75) is 45.1 Å². The van der Waals surface area contributed by atoms with Crippen molar-refractivity contribution in [3.63, 3.8) is 0 Å². The van der Waals surface area contributed by atoms with Crippen LogP contribution in [0.2, 0.25) is 0 Å². The van der Waals surface area contributed by atoms with Gasteiger partial charge < -0.3 is 10.1 Å². The van der Waals surface area contributed by atoms with Gasteiger partial charge in [-0.05, 0) is 24.1 Å². The molecule has 0 spiro atoms. The molecule has 1 N–H and O–H groups in total. The third-order valence-electron chi connectivity index (χ3n) is 6.15. The Balaban J connectivity index is 1.68. The summed E-state index contributed by atoms with van der Waals surface area (Å²) in [4.78, 5) is 22.0. The molecule has 0 saturated heterocycles. The highest BCUT2D eigenvalue weighted by molar-refractivity contribution is 7.21. The Kier molecular flexibility index (Phi) is 6.39. The smallest absolute Gasteiger partial charge is 0.303 e. The summed E-state index contributed by atoms with van der Waals surface area (Å²) in [5.74, 6) is -5.91. The minimum Gasteiger partial charge on any atom is -0.493 e. The lowest BCUT2D eigenvalue weighted by Crippen LogP contribution is -2.32. The number of ether oxygens (including phenoxy) is 1. The number of nitrogens with zero attached hydrogens (tertiary/aromatic N) is 2. The van der Waals surface area contributed by atoms with Gasteiger partial charge in [-0.25, -0.2) is 18.7 Å². The molecule has 0 aliphatic carbocycles. The van der Waals surface area contributed by atoms with E-state index in [1.165, 1.54) is 0 Å². The molecule has 0 radical (unpaired) electrons. The summed E-state index contributed by atoms with van der Waals surface area (Å²) < 4.78 is 63.0. The average molecular weight is 530 g/mol. The maximum absolute atomic E-state index is 14.4. The fourth-order valence-electron chi connectivity index (χ4n) is 4.50. The number of para-hydroxylation sites is 1. The van der Waals surface area contributed by atoms with Crippen molar-refractivity contribution >= 4 is 27.5 Å². The van der Waals surface area contributed by atoms with Crippen molar-refractivity contribution in [2.24, 2.45) is 0 Å². The highest BCUT2D eigenvalue weighted by Crippen LogP contribution is 2.42. The van der Waals surface area contributed by atoms with Crippen LogP contribution in [-0.2, 0) is 5.92 Å². The summed E-state index contributed by atoms with van der Waals surface area (Å²) >= 11 is 1.02. The van der Waals surface area contributed by atoms with Crippen LogP contribution in [0.3, 0.4) is 0 Å². The summed E-state index contributed by atoms with van der Waals surface area (Å²) in [6, 6.07) is 9.85. The first kappa shape index (κ1) is 25.1. The minimum atomic E-state index is -3.42. The van der Waals surface area contributed by atoms with Gasteiger partial charge in [0.2, 0.25) is 0 Å². The minimum absolute atomic E-state index is 0.0164. The zero-order chi connectivity index (χ0) is 26.5. The molecule has 0 unspecified atom stereocenters. The number of benzene rings is 2. The fraction of sp³-hybridized carbons (Fsp3) is 0.296. The molecule has 2 aromatic heterocycles. The van der Waals surface area contributed by atoms with Crippen LogP contribution >= 0.6 is 11.3 Å². The second kappa shape index (κ2) is 9.41. The molecule has 5 nitrogen and oxygen atoms in total. The van der Waals surface area contributed by atoms with Crippen LogP contribution < -0.4 is 10.1 Å². The Morgan fingerprint density at radius 1 is 1.14 bits per heavy atom. The number of hydrogen-bond donors (Lipinski definition) is 1. The molecule has 37 heavy (non-hydrogen) atoms. The van der Waals surface area contributed by atoms with Crippen LogP contribution in [0.15, 0.2) is 42.5 Å². The van der Waals surface area contributed by atoms with E-state index in [-0.39, 0.29) is 33.6 Å². The van der Waals surface area contributed by atoms with Gasteiger partial charge >= 0.3 is 5.92 Å². The van der Waals surface area contributed by atoms with E-state index < -0.39 is 29.3 Å². The monoisotopic (exact) mass is 529 g/mol. The van der Waals surface area contributed by atoms with E-state index in [2.05, 4.69) is 15.3 Å². The third kappa shape index (κ3) is 4.77. The van der Waals surface area contributed by atoms with E-state index in [4.69, 9.17) is 4.74 Å². The van der Waals surface area contributed by atoms with Crippen molar-refractivity contribution in [1.82, 2.24) is 15.3 Å². The Morgan fingerprint density at radius 2 is 1.84 bits per heavy atom. The lowest BCUT2D eigenvalue weighted by Gasteiger charge is -2.26. The molecule has 1 atom stereocenters. The maximum atomic E-state index is 14.4. The van der Waals surface area contributed by atoms with Crippen LogP contribution in [0.1, 0.15) is 65.8 Å². The zero-order valence-corrected chi connectivity index (χ0v) is 21.1. The lowest BCUT2D eigenvalue weighted by atomic mass is 9.99. The highest BCUT2D eigenvalue weighted by atomic mass is 32.1. The van der Waals surface area contributed by atoms with Crippen LogP contribution in [-0.4, -0.2) is 22.5 Å². The van der Waals surface area contributed by atoms with Gasteiger partial charge in [0.1, 0.15) is 17.4 Å². The highest BCUT2D eigenvalue weighted by Gasteiger charge is 2.33. The largest absolute Gasteiger partial charge is 0.493 e. The van der Waals surface area contributed by atoms with E-state index >= 15 is 0 Å². The number of carbonyl (C=O) groups is 1. The fourth-order valence-corrected chi connectivity index (χ4v) is 5.81. The maximum Gasteiger partial charge on any atom is 0.303 e. The van der Waals surface area contributed by atoms with Crippen molar-refractivity contribution in [3.05, 3.63) is 75.9 Å². The van der Waals surface area contributed by atoms with E-state index in [1.54, 1.807) is 0 Å². The second-order valence-electron chi connectivity index (χ2n) is 9.32.